The number of halogens is 1. The van der Waals surface area contributed by atoms with E-state index in [1.54, 1.807) is 6.92 Å². The maximum Gasteiger partial charge on any atom is 0.128 e. The SMILES string of the molecule is CC#CC(O)(CC=CI)CCCCCC. The zero-order valence-corrected chi connectivity index (χ0v) is 11.9. The summed E-state index contributed by atoms with van der Waals surface area (Å²) in [4.78, 5) is 0. The zero-order valence-electron chi connectivity index (χ0n) is 9.72. The van der Waals surface area contributed by atoms with Crippen LogP contribution in [0.2, 0.25) is 0 Å². The van der Waals surface area contributed by atoms with E-state index in [-0.39, 0.29) is 0 Å². The molecule has 15 heavy (non-hydrogen) atoms. The van der Waals surface area contributed by atoms with Gasteiger partial charge >= 0.3 is 0 Å². The van der Waals surface area contributed by atoms with Gasteiger partial charge in [-0.05, 0) is 23.8 Å². The van der Waals surface area contributed by atoms with Crippen molar-refractivity contribution >= 4 is 22.6 Å². The van der Waals surface area contributed by atoms with Gasteiger partial charge in [-0.3, -0.25) is 0 Å². The molecule has 0 amide bonds. The first kappa shape index (κ1) is 15.0. The van der Waals surface area contributed by atoms with Gasteiger partial charge in [-0.2, -0.15) is 0 Å². The quantitative estimate of drug-likeness (QED) is 0.426. The van der Waals surface area contributed by atoms with Crippen molar-refractivity contribution < 1.29 is 5.11 Å². The van der Waals surface area contributed by atoms with Crippen molar-refractivity contribution in [2.45, 2.75) is 58.0 Å². The molecule has 0 aliphatic carbocycles. The van der Waals surface area contributed by atoms with Gasteiger partial charge in [-0.25, -0.2) is 0 Å². The first-order valence-electron chi connectivity index (χ1n) is 5.60. The first-order chi connectivity index (χ1) is 7.18. The summed E-state index contributed by atoms with van der Waals surface area (Å²) in [6.45, 7) is 3.97. The van der Waals surface area contributed by atoms with Crippen molar-refractivity contribution in [2.24, 2.45) is 0 Å². The Balaban J connectivity index is 4.05. The molecule has 1 unspecified atom stereocenters. The molecule has 1 N–H and O–H groups in total. The van der Waals surface area contributed by atoms with E-state index in [1.807, 2.05) is 10.2 Å². The molecule has 1 atom stereocenters. The van der Waals surface area contributed by atoms with Crippen molar-refractivity contribution in [2.75, 3.05) is 0 Å². The van der Waals surface area contributed by atoms with Crippen LogP contribution in [0.5, 0.6) is 0 Å². The van der Waals surface area contributed by atoms with Crippen LogP contribution in [-0.4, -0.2) is 10.7 Å². The Bertz CT molecular complexity index is 237. The van der Waals surface area contributed by atoms with Crippen LogP contribution in [0.3, 0.4) is 0 Å². The largest absolute Gasteiger partial charge is 0.377 e. The van der Waals surface area contributed by atoms with Crippen LogP contribution < -0.4 is 0 Å². The second kappa shape index (κ2) is 9.23. The van der Waals surface area contributed by atoms with Crippen molar-refractivity contribution in [1.82, 2.24) is 0 Å². The van der Waals surface area contributed by atoms with Gasteiger partial charge in [-0.1, -0.05) is 60.8 Å². The Hall–Kier alpha value is -0.0100. The average molecular weight is 320 g/mol. The summed E-state index contributed by atoms with van der Waals surface area (Å²) in [5, 5.41) is 10.2. The van der Waals surface area contributed by atoms with Crippen LogP contribution >= 0.6 is 22.6 Å². The van der Waals surface area contributed by atoms with Gasteiger partial charge in [0.25, 0.3) is 0 Å². The number of aliphatic hydroxyl groups is 1. The third kappa shape index (κ3) is 7.87. The molecule has 0 aromatic carbocycles. The third-order valence-corrected chi connectivity index (χ3v) is 2.85. The lowest BCUT2D eigenvalue weighted by atomic mass is 9.93. The monoisotopic (exact) mass is 320 g/mol. The molecule has 2 heteroatoms. The number of unbranched alkanes of at least 4 members (excludes halogenated alkanes) is 3. The van der Waals surface area contributed by atoms with E-state index in [2.05, 4.69) is 41.4 Å². The number of rotatable bonds is 7. The third-order valence-electron chi connectivity index (χ3n) is 2.35. The Morgan fingerprint density at radius 3 is 2.60 bits per heavy atom. The minimum atomic E-state index is -0.801. The highest BCUT2D eigenvalue weighted by molar-refractivity contribution is 14.1. The minimum Gasteiger partial charge on any atom is -0.377 e. The maximum atomic E-state index is 10.2. The number of hydrogen-bond acceptors (Lipinski definition) is 1. The summed E-state index contributed by atoms with van der Waals surface area (Å²) >= 11 is 2.17. The molecule has 0 spiro atoms. The number of hydrogen-bond donors (Lipinski definition) is 1. The Labute approximate surface area is 107 Å². The molecule has 0 aliphatic rings. The lowest BCUT2D eigenvalue weighted by Crippen LogP contribution is -2.25. The molecule has 0 aliphatic heterocycles. The summed E-state index contributed by atoms with van der Waals surface area (Å²) in [6, 6.07) is 0. The van der Waals surface area contributed by atoms with Gasteiger partial charge in [0.05, 0.1) is 0 Å². The molecule has 86 valence electrons. The maximum absolute atomic E-state index is 10.2. The highest BCUT2D eigenvalue weighted by Gasteiger charge is 2.21. The van der Waals surface area contributed by atoms with Crippen LogP contribution in [0.4, 0.5) is 0 Å². The van der Waals surface area contributed by atoms with Crippen molar-refractivity contribution in [3.05, 3.63) is 10.2 Å². The van der Waals surface area contributed by atoms with Crippen molar-refractivity contribution in [3.63, 3.8) is 0 Å². The first-order valence-corrected chi connectivity index (χ1v) is 6.84. The van der Waals surface area contributed by atoms with Gasteiger partial charge in [-0.15, -0.1) is 5.92 Å². The van der Waals surface area contributed by atoms with Crippen LogP contribution in [0.15, 0.2) is 10.2 Å². The van der Waals surface area contributed by atoms with Crippen molar-refractivity contribution in [1.29, 1.82) is 0 Å². The van der Waals surface area contributed by atoms with Gasteiger partial charge in [0, 0.05) is 6.42 Å². The molecule has 0 fully saturated rings. The summed E-state index contributed by atoms with van der Waals surface area (Å²) in [6.07, 6.45) is 8.14. The Morgan fingerprint density at radius 1 is 1.33 bits per heavy atom. The molecule has 0 bridgehead atoms. The zero-order chi connectivity index (χ0) is 11.6. The lowest BCUT2D eigenvalue weighted by molar-refractivity contribution is 0.0917. The smallest absolute Gasteiger partial charge is 0.128 e. The molecule has 0 aromatic rings. The molecular weight excluding hydrogens is 299 g/mol. The molecule has 0 rings (SSSR count). The van der Waals surface area contributed by atoms with Crippen LogP contribution in [0, 0.1) is 11.8 Å². The standard InChI is InChI=1S/C13H21IO/c1-3-5-6-7-10-13(15,9-4-2)11-8-12-14/h8,12,15H,3,5-7,10-11H2,1-2H3. The summed E-state index contributed by atoms with van der Waals surface area (Å²) in [5.41, 5.74) is -0.801. The van der Waals surface area contributed by atoms with Gasteiger partial charge in [0.15, 0.2) is 0 Å². The van der Waals surface area contributed by atoms with Gasteiger partial charge in [0.2, 0.25) is 0 Å². The Kier molecular flexibility index (Phi) is 9.23. The van der Waals surface area contributed by atoms with Crippen molar-refractivity contribution in [3.8, 4) is 11.8 Å². The van der Waals surface area contributed by atoms with Crippen LogP contribution in [-0.2, 0) is 0 Å². The van der Waals surface area contributed by atoms with E-state index in [0.29, 0.717) is 6.42 Å². The highest BCUT2D eigenvalue weighted by Crippen LogP contribution is 2.20. The summed E-state index contributed by atoms with van der Waals surface area (Å²) < 4.78 is 1.94. The fourth-order valence-electron chi connectivity index (χ4n) is 1.53. The summed E-state index contributed by atoms with van der Waals surface area (Å²) in [5.74, 6) is 5.74. The second-order valence-electron chi connectivity index (χ2n) is 3.78. The molecular formula is C13H21IO. The molecule has 0 radical (unpaired) electrons. The average Bonchev–Trinajstić information content (AvgIpc) is 2.22. The van der Waals surface area contributed by atoms with E-state index < -0.39 is 5.60 Å². The van der Waals surface area contributed by atoms with Crippen LogP contribution in [0.1, 0.15) is 52.4 Å². The summed E-state index contributed by atoms with van der Waals surface area (Å²) in [7, 11) is 0. The van der Waals surface area contributed by atoms with Gasteiger partial charge < -0.3 is 5.11 Å². The van der Waals surface area contributed by atoms with Gasteiger partial charge in [0.1, 0.15) is 5.60 Å². The minimum absolute atomic E-state index is 0.642. The fourth-order valence-corrected chi connectivity index (χ4v) is 1.79. The molecule has 0 saturated carbocycles. The fraction of sp³-hybridized carbons (Fsp3) is 0.692. The van der Waals surface area contributed by atoms with E-state index >= 15 is 0 Å². The predicted octanol–water partition coefficient (Wildman–Crippen LogP) is 4.05. The Morgan fingerprint density at radius 2 is 2.07 bits per heavy atom. The molecule has 1 nitrogen and oxygen atoms in total. The van der Waals surface area contributed by atoms with E-state index in [9.17, 15) is 5.11 Å². The normalized spacial score (nSPS) is 14.7. The molecule has 0 heterocycles. The molecule has 0 saturated heterocycles. The highest BCUT2D eigenvalue weighted by atomic mass is 127. The van der Waals surface area contributed by atoms with E-state index in [4.69, 9.17) is 0 Å². The molecule has 0 aromatic heterocycles. The second-order valence-corrected chi connectivity index (χ2v) is 4.50. The topological polar surface area (TPSA) is 20.2 Å². The predicted molar refractivity (Wildman–Crippen MR) is 74.9 cm³/mol. The lowest BCUT2D eigenvalue weighted by Gasteiger charge is -2.20. The van der Waals surface area contributed by atoms with E-state index in [0.717, 1.165) is 12.8 Å². The van der Waals surface area contributed by atoms with Crippen LogP contribution in [0.25, 0.3) is 0 Å². The van der Waals surface area contributed by atoms with E-state index in [1.165, 1.54) is 19.3 Å².